The number of nitrogen functional groups attached to an aromatic ring is 1. The standard InChI is InChI=1S/C26H23F2N9O5S/c1-41-15-4-2-3-12(5-15)23(39)33-19-7-16(17(27)8-18(19)28)22-35-24(42-37-22)20-21(29)34-26(43-20)36-25(40)32-14(10-38)6-13-9-30-11-31-13/h2-5,7-9,11,14,38H,6,10,29H2,1H3,(H,30,31)(H,33,39)(H2,32,34,36,40). The van der Waals surface area contributed by atoms with Crippen molar-refractivity contribution in [3.05, 3.63) is 71.8 Å². The van der Waals surface area contributed by atoms with Crippen LogP contribution in [0.5, 0.6) is 5.75 Å². The number of nitrogens with one attached hydrogen (secondary N) is 4. The van der Waals surface area contributed by atoms with Crippen molar-refractivity contribution in [3.8, 4) is 27.9 Å². The Labute approximate surface area is 245 Å². The lowest BCUT2D eigenvalue weighted by Gasteiger charge is -2.15. The van der Waals surface area contributed by atoms with E-state index in [1.807, 2.05) is 0 Å². The smallest absolute Gasteiger partial charge is 0.321 e. The number of benzene rings is 2. The third-order valence-electron chi connectivity index (χ3n) is 5.95. The lowest BCUT2D eigenvalue weighted by atomic mass is 10.1. The average Bonchev–Trinajstić information content (AvgIpc) is 3.76. The summed E-state index contributed by atoms with van der Waals surface area (Å²) in [4.78, 5) is 40.3. The van der Waals surface area contributed by atoms with E-state index in [2.05, 4.69) is 41.0 Å². The van der Waals surface area contributed by atoms with E-state index < -0.39 is 29.6 Å². The zero-order valence-corrected chi connectivity index (χ0v) is 23.0. The van der Waals surface area contributed by atoms with Crippen molar-refractivity contribution in [3.63, 3.8) is 0 Å². The number of aromatic amines is 1. The van der Waals surface area contributed by atoms with Gasteiger partial charge in [-0.15, -0.1) is 0 Å². The van der Waals surface area contributed by atoms with Gasteiger partial charge in [0.15, 0.2) is 5.13 Å². The second kappa shape index (κ2) is 12.6. The number of ether oxygens (including phenoxy) is 1. The summed E-state index contributed by atoms with van der Waals surface area (Å²) in [5.41, 5.74) is 6.32. The number of imidazole rings is 1. The molecule has 0 saturated heterocycles. The number of carbonyl (C=O) groups is 2. The number of anilines is 3. The Kier molecular flexibility index (Phi) is 8.54. The molecule has 0 radical (unpaired) electrons. The molecule has 2 aromatic carbocycles. The maximum Gasteiger partial charge on any atom is 0.321 e. The number of hydrogen-bond donors (Lipinski definition) is 6. The highest BCUT2D eigenvalue weighted by molar-refractivity contribution is 7.19. The van der Waals surface area contributed by atoms with E-state index in [-0.39, 0.29) is 51.0 Å². The molecule has 1 atom stereocenters. The molecule has 222 valence electrons. The fourth-order valence-electron chi connectivity index (χ4n) is 3.88. The first-order valence-electron chi connectivity index (χ1n) is 12.4. The molecule has 0 saturated carbocycles. The Morgan fingerprint density at radius 2 is 2.02 bits per heavy atom. The number of nitrogens with zero attached hydrogens (tertiary/aromatic N) is 4. The summed E-state index contributed by atoms with van der Waals surface area (Å²) >= 11 is 0.904. The van der Waals surface area contributed by atoms with Crippen LogP contribution in [0.2, 0.25) is 0 Å². The molecular formula is C26H23F2N9O5S. The number of H-pyrrole nitrogens is 1. The molecule has 0 aliphatic heterocycles. The maximum atomic E-state index is 14.8. The highest BCUT2D eigenvalue weighted by Crippen LogP contribution is 2.36. The minimum Gasteiger partial charge on any atom is -0.497 e. The van der Waals surface area contributed by atoms with Gasteiger partial charge in [0.1, 0.15) is 28.1 Å². The summed E-state index contributed by atoms with van der Waals surface area (Å²) in [6.07, 6.45) is 3.37. The number of aliphatic hydroxyl groups excluding tert-OH is 1. The van der Waals surface area contributed by atoms with Gasteiger partial charge in [-0.2, -0.15) is 4.98 Å². The van der Waals surface area contributed by atoms with Gasteiger partial charge in [-0.25, -0.2) is 23.5 Å². The fourth-order valence-corrected chi connectivity index (χ4v) is 4.68. The zero-order valence-electron chi connectivity index (χ0n) is 22.2. The van der Waals surface area contributed by atoms with Gasteiger partial charge in [0.2, 0.25) is 5.82 Å². The fraction of sp³-hybridized carbons (Fsp3) is 0.154. The van der Waals surface area contributed by atoms with Crippen molar-refractivity contribution in [1.29, 1.82) is 0 Å². The van der Waals surface area contributed by atoms with E-state index in [4.69, 9.17) is 15.0 Å². The predicted octanol–water partition coefficient (Wildman–Crippen LogP) is 3.43. The topological polar surface area (TPSA) is 206 Å². The van der Waals surface area contributed by atoms with Gasteiger partial charge in [0.05, 0.1) is 37.3 Å². The van der Waals surface area contributed by atoms with E-state index in [1.165, 1.54) is 25.6 Å². The molecule has 0 fully saturated rings. The molecule has 0 bridgehead atoms. The Morgan fingerprint density at radius 1 is 1.19 bits per heavy atom. The van der Waals surface area contributed by atoms with E-state index in [1.54, 1.807) is 18.3 Å². The van der Waals surface area contributed by atoms with Crippen LogP contribution in [0.3, 0.4) is 0 Å². The molecule has 0 aliphatic carbocycles. The number of hydrogen-bond acceptors (Lipinski definition) is 11. The van der Waals surface area contributed by atoms with Gasteiger partial charge in [-0.1, -0.05) is 22.6 Å². The summed E-state index contributed by atoms with van der Waals surface area (Å²) in [6.45, 7) is -0.325. The van der Waals surface area contributed by atoms with Crippen LogP contribution < -0.4 is 26.4 Å². The first-order chi connectivity index (χ1) is 20.7. The van der Waals surface area contributed by atoms with E-state index >= 15 is 0 Å². The Hall–Kier alpha value is -5.42. The summed E-state index contributed by atoms with van der Waals surface area (Å²) < 4.78 is 39.7. The number of methoxy groups -OCH3 is 1. The number of halogens is 2. The monoisotopic (exact) mass is 611 g/mol. The van der Waals surface area contributed by atoms with Crippen molar-refractivity contribution in [2.45, 2.75) is 12.5 Å². The number of urea groups is 1. The van der Waals surface area contributed by atoms with E-state index in [9.17, 15) is 23.5 Å². The highest BCUT2D eigenvalue weighted by Gasteiger charge is 2.23. The van der Waals surface area contributed by atoms with Gasteiger partial charge in [-0.3, -0.25) is 10.1 Å². The highest BCUT2D eigenvalue weighted by atomic mass is 32.1. The SMILES string of the molecule is COc1cccc(C(=O)Nc2cc(-c3noc(-c4sc(NC(=O)NC(CO)Cc5cnc[nH]5)nc4N)n3)c(F)cc2F)c1. The molecule has 5 aromatic rings. The van der Waals surface area contributed by atoms with Gasteiger partial charge in [-0.05, 0) is 24.3 Å². The molecule has 3 amide bonds. The molecule has 0 spiro atoms. The molecule has 17 heteroatoms. The van der Waals surface area contributed by atoms with Crippen LogP contribution in [-0.4, -0.2) is 61.9 Å². The second-order valence-corrected chi connectivity index (χ2v) is 9.91. The number of nitrogens with two attached hydrogens (primary N) is 1. The van der Waals surface area contributed by atoms with Gasteiger partial charge < -0.3 is 35.7 Å². The third kappa shape index (κ3) is 6.74. The first kappa shape index (κ1) is 29.1. The van der Waals surface area contributed by atoms with Gasteiger partial charge in [0, 0.05) is 29.9 Å². The molecule has 43 heavy (non-hydrogen) atoms. The first-order valence-corrected chi connectivity index (χ1v) is 13.3. The van der Waals surface area contributed by atoms with Crippen molar-refractivity contribution in [2.75, 3.05) is 30.1 Å². The third-order valence-corrected chi connectivity index (χ3v) is 6.92. The molecule has 1 unspecified atom stereocenters. The Balaban J connectivity index is 1.30. The number of aliphatic hydroxyl groups is 1. The lowest BCUT2D eigenvalue weighted by Crippen LogP contribution is -2.41. The molecule has 3 aromatic heterocycles. The van der Waals surface area contributed by atoms with Gasteiger partial charge in [0.25, 0.3) is 11.8 Å². The predicted molar refractivity (Wildman–Crippen MR) is 151 cm³/mol. The van der Waals surface area contributed by atoms with Crippen molar-refractivity contribution in [2.24, 2.45) is 0 Å². The molecule has 3 heterocycles. The van der Waals surface area contributed by atoms with Crippen LogP contribution in [-0.2, 0) is 6.42 Å². The molecule has 14 nitrogen and oxygen atoms in total. The number of rotatable bonds is 10. The van der Waals surface area contributed by atoms with E-state index in [0.29, 0.717) is 18.2 Å². The minimum atomic E-state index is -1.02. The van der Waals surface area contributed by atoms with Crippen LogP contribution in [0, 0.1) is 11.6 Å². The van der Waals surface area contributed by atoms with Crippen molar-refractivity contribution in [1.82, 2.24) is 30.4 Å². The summed E-state index contributed by atoms with van der Waals surface area (Å²) in [7, 11) is 1.44. The van der Waals surface area contributed by atoms with Crippen molar-refractivity contribution >= 4 is 39.9 Å². The summed E-state index contributed by atoms with van der Waals surface area (Å²) in [5.74, 6) is -2.71. The quantitative estimate of drug-likeness (QED) is 0.136. The summed E-state index contributed by atoms with van der Waals surface area (Å²) in [5, 5.41) is 21.0. The van der Waals surface area contributed by atoms with E-state index in [0.717, 1.165) is 23.1 Å². The molecule has 7 N–H and O–H groups in total. The molecule has 5 rings (SSSR count). The van der Waals surface area contributed by atoms with Gasteiger partial charge >= 0.3 is 6.03 Å². The Bertz CT molecular complexity index is 1760. The summed E-state index contributed by atoms with van der Waals surface area (Å²) in [6, 6.07) is 6.56. The second-order valence-electron chi connectivity index (χ2n) is 8.91. The number of thiazole rings is 1. The van der Waals surface area contributed by atoms with Crippen LogP contribution in [0.4, 0.5) is 30.2 Å². The number of carbonyl (C=O) groups excluding carboxylic acids is 2. The number of aromatic nitrogens is 5. The van der Waals surface area contributed by atoms with Crippen LogP contribution >= 0.6 is 11.3 Å². The average molecular weight is 612 g/mol. The molecule has 0 aliphatic rings. The normalized spacial score (nSPS) is 11.6. The Morgan fingerprint density at radius 3 is 2.77 bits per heavy atom. The number of amides is 3. The largest absolute Gasteiger partial charge is 0.497 e. The minimum absolute atomic E-state index is 0.0579. The van der Waals surface area contributed by atoms with Crippen molar-refractivity contribution < 1.29 is 32.7 Å². The van der Waals surface area contributed by atoms with Crippen LogP contribution in [0.15, 0.2) is 53.4 Å². The van der Waals surface area contributed by atoms with Crippen LogP contribution in [0.25, 0.3) is 22.2 Å². The van der Waals surface area contributed by atoms with Crippen LogP contribution in [0.1, 0.15) is 16.1 Å². The maximum absolute atomic E-state index is 14.8. The molecular weight excluding hydrogens is 588 g/mol. The zero-order chi connectivity index (χ0) is 30.5. The lowest BCUT2D eigenvalue weighted by molar-refractivity contribution is 0.102.